The van der Waals surface area contributed by atoms with Gasteiger partial charge in [0.25, 0.3) is 0 Å². The average molecular weight is 380 g/mol. The highest BCUT2D eigenvalue weighted by atomic mass is 16.7. The Morgan fingerprint density at radius 3 is 2.75 bits per heavy atom. The molecule has 1 aromatic rings. The van der Waals surface area contributed by atoms with Gasteiger partial charge in [0.2, 0.25) is 11.7 Å². The summed E-state index contributed by atoms with van der Waals surface area (Å²) in [6, 6.07) is 6.44. The monoisotopic (exact) mass is 380 g/mol. The van der Waals surface area contributed by atoms with Crippen LogP contribution in [0, 0.1) is 5.41 Å². The molecule has 1 saturated carbocycles. The lowest BCUT2D eigenvalue weighted by atomic mass is 9.66. The highest BCUT2D eigenvalue weighted by Gasteiger charge is 2.63. The average Bonchev–Trinajstić information content (AvgIpc) is 3.14. The van der Waals surface area contributed by atoms with Crippen LogP contribution in [-0.2, 0) is 21.7 Å². The first kappa shape index (κ1) is 18.9. The Labute approximate surface area is 166 Å². The topological polar surface area (TPSA) is 72.4 Å². The molecule has 6 heteroatoms. The van der Waals surface area contributed by atoms with E-state index in [4.69, 9.17) is 20.3 Å². The normalized spacial score (nSPS) is 31.9. The summed E-state index contributed by atoms with van der Waals surface area (Å²) < 4.78 is 5.61. The summed E-state index contributed by atoms with van der Waals surface area (Å²) in [6.45, 7) is 7.47. The van der Waals surface area contributed by atoms with Gasteiger partial charge >= 0.3 is 0 Å². The lowest BCUT2D eigenvalue weighted by Gasteiger charge is -2.45. The smallest absolute Gasteiger partial charge is 0.220 e. The van der Waals surface area contributed by atoms with Crippen molar-refractivity contribution in [3.05, 3.63) is 53.7 Å². The fourth-order valence-corrected chi connectivity index (χ4v) is 5.06. The van der Waals surface area contributed by atoms with Crippen LogP contribution in [-0.4, -0.2) is 38.0 Å². The van der Waals surface area contributed by atoms with Gasteiger partial charge in [0.05, 0.1) is 6.10 Å². The number of hydrogen-bond donors (Lipinski definition) is 1. The lowest BCUT2D eigenvalue weighted by Crippen LogP contribution is -2.46. The van der Waals surface area contributed by atoms with E-state index in [-0.39, 0.29) is 5.41 Å². The molecule has 2 N–H and O–H groups in total. The number of hydrogen-bond acceptors (Lipinski definition) is 6. The summed E-state index contributed by atoms with van der Waals surface area (Å²) in [5.41, 5.74) is 9.57. The second kappa shape index (κ2) is 6.87. The summed E-state index contributed by atoms with van der Waals surface area (Å²) in [6.07, 6.45) is 8.70. The van der Waals surface area contributed by atoms with Gasteiger partial charge in [-0.25, -0.2) is 14.9 Å². The summed E-state index contributed by atoms with van der Waals surface area (Å²) in [5, 5.41) is 1.60. The molecule has 1 heterocycles. The van der Waals surface area contributed by atoms with E-state index in [2.05, 4.69) is 36.5 Å². The van der Waals surface area contributed by atoms with Gasteiger partial charge < -0.3 is 10.5 Å². The minimum atomic E-state index is -0.788. The van der Waals surface area contributed by atoms with E-state index in [9.17, 15) is 0 Å². The van der Waals surface area contributed by atoms with Gasteiger partial charge in [-0.15, -0.1) is 0 Å². The number of ether oxygens (including phenoxy) is 1. The minimum Gasteiger partial charge on any atom is -0.381 e. The van der Waals surface area contributed by atoms with E-state index >= 15 is 0 Å². The maximum absolute atomic E-state index is 6.42. The molecule has 0 radical (unpaired) electrons. The fourth-order valence-electron chi connectivity index (χ4n) is 5.06. The minimum absolute atomic E-state index is 0.118. The van der Waals surface area contributed by atoms with Crippen molar-refractivity contribution in [1.82, 2.24) is 5.06 Å². The first-order chi connectivity index (χ1) is 13.5. The van der Waals surface area contributed by atoms with E-state index in [1.807, 2.05) is 7.05 Å². The quantitative estimate of drug-likeness (QED) is 0.642. The Morgan fingerprint density at radius 1 is 1.43 bits per heavy atom. The van der Waals surface area contributed by atoms with Crippen LogP contribution in [0.3, 0.4) is 0 Å². The maximum Gasteiger partial charge on any atom is 0.220 e. The molecular weight excluding hydrogens is 352 g/mol. The van der Waals surface area contributed by atoms with Crippen LogP contribution in [0.25, 0.3) is 5.57 Å². The largest absolute Gasteiger partial charge is 0.381 e. The van der Waals surface area contributed by atoms with Crippen LogP contribution >= 0.6 is 0 Å². The number of nitrogens with zero attached hydrogens (tertiary/aromatic N) is 3. The van der Waals surface area contributed by atoms with E-state index in [0.29, 0.717) is 12.1 Å². The first-order valence-electron chi connectivity index (χ1n) is 9.72. The van der Waals surface area contributed by atoms with Gasteiger partial charge in [0, 0.05) is 31.3 Å². The van der Waals surface area contributed by atoms with Crippen molar-refractivity contribution >= 4 is 18.3 Å². The second-order valence-electron chi connectivity index (χ2n) is 7.94. The third-order valence-electron chi connectivity index (χ3n) is 6.59. The van der Waals surface area contributed by atoms with Crippen LogP contribution in [0.1, 0.15) is 42.4 Å². The summed E-state index contributed by atoms with van der Waals surface area (Å²) in [7, 11) is 3.61. The number of hydroxylamine groups is 2. The number of methoxy groups -OCH3 is 1. The number of allylic oxidation sites excluding steroid dienone is 2. The van der Waals surface area contributed by atoms with Gasteiger partial charge in [-0.2, -0.15) is 0 Å². The zero-order chi connectivity index (χ0) is 19.9. The third-order valence-corrected chi connectivity index (χ3v) is 6.59. The first-order valence-corrected chi connectivity index (χ1v) is 9.72. The number of fused-ring (bicyclic) bond motifs is 3. The van der Waals surface area contributed by atoms with Crippen molar-refractivity contribution in [2.24, 2.45) is 21.1 Å². The molecule has 1 unspecified atom stereocenters. The van der Waals surface area contributed by atoms with Crippen molar-refractivity contribution in [2.45, 2.75) is 43.9 Å². The molecule has 0 bridgehead atoms. The van der Waals surface area contributed by atoms with Crippen LogP contribution in [0.5, 0.6) is 0 Å². The molecule has 2 aliphatic carbocycles. The van der Waals surface area contributed by atoms with Crippen molar-refractivity contribution in [3.63, 3.8) is 0 Å². The zero-order valence-electron chi connectivity index (χ0n) is 16.6. The van der Waals surface area contributed by atoms with Crippen LogP contribution < -0.4 is 5.73 Å². The van der Waals surface area contributed by atoms with Crippen LogP contribution in [0.15, 0.2) is 47.0 Å². The predicted octanol–water partition coefficient (Wildman–Crippen LogP) is 3.39. The molecule has 3 aliphatic rings. The van der Waals surface area contributed by atoms with Crippen molar-refractivity contribution in [2.75, 3.05) is 14.2 Å². The van der Waals surface area contributed by atoms with Crippen molar-refractivity contribution < 1.29 is 9.57 Å². The molecular formula is C22H28N4O2. The molecule has 0 aromatic heterocycles. The van der Waals surface area contributed by atoms with Gasteiger partial charge in [-0.3, -0.25) is 4.99 Å². The highest BCUT2D eigenvalue weighted by molar-refractivity contribution is 5.80. The molecule has 1 aliphatic heterocycles. The molecule has 1 fully saturated rings. The van der Waals surface area contributed by atoms with Crippen molar-refractivity contribution in [1.29, 1.82) is 0 Å². The molecule has 148 valence electrons. The van der Waals surface area contributed by atoms with Gasteiger partial charge in [0.15, 0.2) is 0 Å². The summed E-state index contributed by atoms with van der Waals surface area (Å²) in [4.78, 5) is 15.2. The SMILES string of the molecule is C=CC(=CN=C)c1ccc2c(c1)C1(N=C(N)N(C)O1)C1(CCC(OC)CC1)C2. The highest BCUT2D eigenvalue weighted by Crippen LogP contribution is 2.62. The molecule has 6 nitrogen and oxygen atoms in total. The number of rotatable bonds is 4. The van der Waals surface area contributed by atoms with Gasteiger partial charge in [0.1, 0.15) is 0 Å². The summed E-state index contributed by atoms with van der Waals surface area (Å²) in [5.74, 6) is 0.415. The lowest BCUT2D eigenvalue weighted by molar-refractivity contribution is -0.232. The molecule has 1 atom stereocenters. The van der Waals surface area contributed by atoms with Crippen molar-refractivity contribution in [3.8, 4) is 0 Å². The van der Waals surface area contributed by atoms with Crippen LogP contribution in [0.2, 0.25) is 0 Å². The number of nitrogens with two attached hydrogens (primary N) is 1. The Balaban J connectivity index is 1.83. The fraction of sp³-hybridized carbons (Fsp3) is 0.455. The van der Waals surface area contributed by atoms with E-state index in [1.54, 1.807) is 24.4 Å². The summed E-state index contributed by atoms with van der Waals surface area (Å²) >= 11 is 0. The van der Waals surface area contributed by atoms with Gasteiger partial charge in [-0.05, 0) is 61.6 Å². The molecule has 1 aromatic carbocycles. The Bertz CT molecular complexity index is 867. The Morgan fingerprint density at radius 2 is 2.18 bits per heavy atom. The van der Waals surface area contributed by atoms with Gasteiger partial charge in [-0.1, -0.05) is 24.8 Å². The predicted molar refractivity (Wildman–Crippen MR) is 112 cm³/mol. The van der Waals surface area contributed by atoms with E-state index in [0.717, 1.165) is 48.8 Å². The molecule has 0 saturated heterocycles. The number of guanidine groups is 1. The molecule has 28 heavy (non-hydrogen) atoms. The zero-order valence-corrected chi connectivity index (χ0v) is 16.6. The maximum atomic E-state index is 6.42. The molecule has 2 spiro atoms. The third kappa shape index (κ3) is 2.63. The molecule has 4 rings (SSSR count). The molecule has 0 amide bonds. The Hall–Kier alpha value is -2.44. The van der Waals surface area contributed by atoms with Crippen LogP contribution in [0.4, 0.5) is 0 Å². The Kier molecular flexibility index (Phi) is 4.63. The number of benzene rings is 1. The van der Waals surface area contributed by atoms with E-state index in [1.165, 1.54) is 5.56 Å². The number of aliphatic imine (C=N–C) groups is 2. The standard InChI is InChI=1S/C22H28N4O2/c1-5-15(14-24-2)16-6-7-17-13-21(10-8-18(27-4)9-11-21)22(19(17)12-16)25-20(23)26(3)28-22/h5-7,12,14,18H,1-2,8-11,13H2,3-4H3,(H2,23,25). The van der Waals surface area contributed by atoms with E-state index < -0.39 is 5.72 Å². The second-order valence-corrected chi connectivity index (χ2v) is 7.94.